The van der Waals surface area contributed by atoms with E-state index < -0.39 is 5.97 Å². The molecule has 0 spiro atoms. The lowest BCUT2D eigenvalue weighted by atomic mass is 10.1. The Hall–Kier alpha value is -3.08. The second-order valence-electron chi connectivity index (χ2n) is 5.24. The monoisotopic (exact) mass is 323 g/mol. The van der Waals surface area contributed by atoms with Crippen LogP contribution in [0.1, 0.15) is 23.1 Å². The van der Waals surface area contributed by atoms with E-state index in [1.807, 2.05) is 43.3 Å². The SMILES string of the molecule is CCOc1c(C(=O)O)nc(C)c2cc(Oc3ccccc3)ccc12. The van der Waals surface area contributed by atoms with E-state index in [1.165, 1.54) is 0 Å². The van der Waals surface area contributed by atoms with Crippen LogP contribution in [-0.4, -0.2) is 22.7 Å². The quantitative estimate of drug-likeness (QED) is 0.752. The Morgan fingerprint density at radius 2 is 1.83 bits per heavy atom. The number of benzene rings is 2. The molecule has 0 saturated carbocycles. The van der Waals surface area contributed by atoms with E-state index in [9.17, 15) is 9.90 Å². The number of fused-ring (bicyclic) bond motifs is 1. The number of hydrogen-bond acceptors (Lipinski definition) is 4. The fourth-order valence-electron chi connectivity index (χ4n) is 2.55. The Labute approximate surface area is 139 Å². The molecule has 1 N–H and O–H groups in total. The lowest BCUT2D eigenvalue weighted by molar-refractivity contribution is 0.0686. The van der Waals surface area contributed by atoms with E-state index in [0.29, 0.717) is 23.4 Å². The van der Waals surface area contributed by atoms with Crippen molar-refractivity contribution < 1.29 is 19.4 Å². The van der Waals surface area contributed by atoms with Crippen LogP contribution in [0.4, 0.5) is 0 Å². The maximum absolute atomic E-state index is 11.4. The summed E-state index contributed by atoms with van der Waals surface area (Å²) in [5, 5.41) is 10.9. The first kappa shape index (κ1) is 15.8. The van der Waals surface area contributed by atoms with Gasteiger partial charge in [0.1, 0.15) is 11.5 Å². The Morgan fingerprint density at radius 3 is 2.50 bits per heavy atom. The third-order valence-electron chi connectivity index (χ3n) is 3.59. The average molecular weight is 323 g/mol. The smallest absolute Gasteiger partial charge is 0.358 e. The van der Waals surface area contributed by atoms with Gasteiger partial charge in [-0.15, -0.1) is 0 Å². The van der Waals surface area contributed by atoms with Crippen LogP contribution in [0.25, 0.3) is 10.8 Å². The summed E-state index contributed by atoms with van der Waals surface area (Å²) in [7, 11) is 0. The van der Waals surface area contributed by atoms with Crippen molar-refractivity contribution in [2.24, 2.45) is 0 Å². The highest BCUT2D eigenvalue weighted by Gasteiger charge is 2.19. The summed E-state index contributed by atoms with van der Waals surface area (Å²) in [5.74, 6) is 0.573. The van der Waals surface area contributed by atoms with Gasteiger partial charge in [-0.3, -0.25) is 0 Å². The number of pyridine rings is 1. The zero-order valence-corrected chi connectivity index (χ0v) is 13.4. The van der Waals surface area contributed by atoms with Crippen molar-refractivity contribution in [3.05, 3.63) is 59.9 Å². The lowest BCUT2D eigenvalue weighted by Crippen LogP contribution is -2.07. The maximum atomic E-state index is 11.4. The molecule has 0 aliphatic carbocycles. The summed E-state index contributed by atoms with van der Waals surface area (Å²) in [4.78, 5) is 15.6. The van der Waals surface area contributed by atoms with Gasteiger partial charge in [0, 0.05) is 16.5 Å². The largest absolute Gasteiger partial charge is 0.491 e. The number of aromatic carboxylic acids is 1. The van der Waals surface area contributed by atoms with Crippen molar-refractivity contribution in [3.63, 3.8) is 0 Å². The molecule has 5 nitrogen and oxygen atoms in total. The summed E-state index contributed by atoms with van der Waals surface area (Å²) >= 11 is 0. The Bertz CT molecular complexity index is 891. The summed E-state index contributed by atoms with van der Waals surface area (Å²) in [6, 6.07) is 14.9. The number of aryl methyl sites for hydroxylation is 1. The first-order valence-corrected chi connectivity index (χ1v) is 7.63. The van der Waals surface area contributed by atoms with Crippen LogP contribution >= 0.6 is 0 Å². The van der Waals surface area contributed by atoms with E-state index >= 15 is 0 Å². The third kappa shape index (κ3) is 3.01. The van der Waals surface area contributed by atoms with Crippen LogP contribution in [0.3, 0.4) is 0 Å². The minimum absolute atomic E-state index is 0.0708. The second-order valence-corrected chi connectivity index (χ2v) is 5.24. The van der Waals surface area contributed by atoms with Crippen LogP contribution in [0.2, 0.25) is 0 Å². The lowest BCUT2D eigenvalue weighted by Gasteiger charge is -2.13. The molecule has 0 fully saturated rings. The number of carboxylic acid groups (broad SMARTS) is 1. The molecule has 3 aromatic rings. The Morgan fingerprint density at radius 1 is 1.08 bits per heavy atom. The van der Waals surface area contributed by atoms with Crippen molar-refractivity contribution in [2.75, 3.05) is 6.61 Å². The Kier molecular flexibility index (Phi) is 4.33. The predicted molar refractivity (Wildman–Crippen MR) is 91.1 cm³/mol. The third-order valence-corrected chi connectivity index (χ3v) is 3.59. The second kappa shape index (κ2) is 6.58. The van der Waals surface area contributed by atoms with Crippen molar-refractivity contribution in [3.8, 4) is 17.2 Å². The molecule has 24 heavy (non-hydrogen) atoms. The Balaban J connectivity index is 2.11. The summed E-state index contributed by atoms with van der Waals surface area (Å²) in [5.41, 5.74) is 0.544. The fourth-order valence-corrected chi connectivity index (χ4v) is 2.55. The van der Waals surface area contributed by atoms with Crippen LogP contribution in [0, 0.1) is 6.92 Å². The molecule has 0 bridgehead atoms. The standard InChI is InChI=1S/C19H17NO4/c1-3-23-18-15-10-9-14(24-13-7-5-4-6-8-13)11-16(15)12(2)20-17(18)19(21)22/h4-11H,3H2,1-2H3,(H,21,22). The maximum Gasteiger partial charge on any atom is 0.358 e. The molecule has 0 atom stereocenters. The molecule has 2 aromatic carbocycles. The van der Waals surface area contributed by atoms with E-state index in [1.54, 1.807) is 19.1 Å². The zero-order chi connectivity index (χ0) is 17.1. The van der Waals surface area contributed by atoms with Crippen molar-refractivity contribution in [1.82, 2.24) is 4.98 Å². The van der Waals surface area contributed by atoms with Gasteiger partial charge >= 0.3 is 5.97 Å². The molecule has 0 unspecified atom stereocenters. The van der Waals surface area contributed by atoms with Gasteiger partial charge in [0.15, 0.2) is 11.4 Å². The first-order chi connectivity index (χ1) is 11.6. The number of para-hydroxylation sites is 1. The van der Waals surface area contributed by atoms with Crippen LogP contribution in [0.5, 0.6) is 17.2 Å². The molecule has 5 heteroatoms. The van der Waals surface area contributed by atoms with Crippen molar-refractivity contribution >= 4 is 16.7 Å². The van der Waals surface area contributed by atoms with E-state index in [0.717, 1.165) is 11.1 Å². The predicted octanol–water partition coefficient (Wildman–Crippen LogP) is 4.43. The zero-order valence-electron chi connectivity index (χ0n) is 13.4. The topological polar surface area (TPSA) is 68.7 Å². The average Bonchev–Trinajstić information content (AvgIpc) is 2.58. The van der Waals surface area contributed by atoms with Gasteiger partial charge in [-0.05, 0) is 44.2 Å². The highest BCUT2D eigenvalue weighted by molar-refractivity contribution is 6.00. The normalized spacial score (nSPS) is 10.6. The number of hydrogen-bond donors (Lipinski definition) is 1. The molecule has 1 aromatic heterocycles. The van der Waals surface area contributed by atoms with E-state index in [2.05, 4.69) is 4.98 Å². The highest BCUT2D eigenvalue weighted by Crippen LogP contribution is 2.34. The molecule has 122 valence electrons. The first-order valence-electron chi connectivity index (χ1n) is 7.63. The number of aromatic nitrogens is 1. The summed E-state index contributed by atoms with van der Waals surface area (Å²) < 4.78 is 11.4. The van der Waals surface area contributed by atoms with E-state index in [-0.39, 0.29) is 11.4 Å². The number of rotatable bonds is 5. The fraction of sp³-hybridized carbons (Fsp3) is 0.158. The number of carbonyl (C=O) groups is 1. The van der Waals surface area contributed by atoms with Gasteiger partial charge in [0.2, 0.25) is 0 Å². The van der Waals surface area contributed by atoms with E-state index in [4.69, 9.17) is 9.47 Å². The van der Waals surface area contributed by atoms with Crippen LogP contribution in [-0.2, 0) is 0 Å². The molecular formula is C19H17NO4. The molecule has 0 aliphatic heterocycles. The van der Waals surface area contributed by atoms with Gasteiger partial charge in [-0.25, -0.2) is 9.78 Å². The van der Waals surface area contributed by atoms with Gasteiger partial charge in [0.05, 0.1) is 6.61 Å². The van der Waals surface area contributed by atoms with Crippen LogP contribution in [0.15, 0.2) is 48.5 Å². The van der Waals surface area contributed by atoms with Gasteiger partial charge in [-0.2, -0.15) is 0 Å². The molecule has 1 heterocycles. The highest BCUT2D eigenvalue weighted by atomic mass is 16.5. The summed E-state index contributed by atoms with van der Waals surface area (Å²) in [6.45, 7) is 3.95. The van der Waals surface area contributed by atoms with Crippen molar-refractivity contribution in [1.29, 1.82) is 0 Å². The van der Waals surface area contributed by atoms with Crippen LogP contribution < -0.4 is 9.47 Å². The minimum Gasteiger partial charge on any atom is -0.491 e. The summed E-state index contributed by atoms with van der Waals surface area (Å²) in [6.07, 6.45) is 0. The van der Waals surface area contributed by atoms with Gasteiger partial charge in [0.25, 0.3) is 0 Å². The minimum atomic E-state index is -1.10. The molecule has 3 rings (SSSR count). The number of nitrogens with zero attached hydrogens (tertiary/aromatic N) is 1. The van der Waals surface area contributed by atoms with Crippen molar-refractivity contribution in [2.45, 2.75) is 13.8 Å². The molecule has 0 saturated heterocycles. The number of ether oxygens (including phenoxy) is 2. The van der Waals surface area contributed by atoms with Gasteiger partial charge < -0.3 is 14.6 Å². The van der Waals surface area contributed by atoms with Gasteiger partial charge in [-0.1, -0.05) is 18.2 Å². The molecule has 0 amide bonds. The molecule has 0 aliphatic rings. The molecule has 0 radical (unpaired) electrons. The number of carboxylic acids is 1. The molecular weight excluding hydrogens is 306 g/mol.